The van der Waals surface area contributed by atoms with Crippen molar-refractivity contribution in [2.24, 2.45) is 0 Å². The lowest BCUT2D eigenvalue weighted by atomic mass is 10.5. The molecule has 3 nitrogen and oxygen atoms in total. The Bertz CT molecular complexity index is 17.6. The molecule has 1 aliphatic rings. The normalized spacial score (nSPS) is 20.0. The third-order valence-electron chi connectivity index (χ3n) is 0.539. The van der Waals surface area contributed by atoms with Gasteiger partial charge < -0.3 is 5.48 Å². The van der Waals surface area contributed by atoms with Crippen LogP contribution in [0.5, 0.6) is 0 Å². The number of hydrogen-bond donors (Lipinski definition) is 0. The molecule has 0 aromatic rings. The molecule has 0 aliphatic carbocycles. The van der Waals surface area contributed by atoms with E-state index >= 15 is 0 Å². The minimum atomic E-state index is 0. The standard InChI is InChI=1S/C3H6O2.H2O/c1-2-4-5-3-1;/h1-3H2;1H2. The van der Waals surface area contributed by atoms with E-state index in [9.17, 15) is 0 Å². The van der Waals surface area contributed by atoms with E-state index in [0.29, 0.717) is 0 Å². The van der Waals surface area contributed by atoms with Crippen LogP contribution in [-0.2, 0) is 9.78 Å². The van der Waals surface area contributed by atoms with Gasteiger partial charge in [0.15, 0.2) is 0 Å². The second-order valence-electron chi connectivity index (χ2n) is 0.998. The summed E-state index contributed by atoms with van der Waals surface area (Å²) in [4.78, 5) is 8.89. The fourth-order valence-electron chi connectivity index (χ4n) is 0.295. The highest BCUT2D eigenvalue weighted by Crippen LogP contribution is 1.93. The summed E-state index contributed by atoms with van der Waals surface area (Å²) in [6.45, 7) is 1.56. The maximum atomic E-state index is 4.44. The molecule has 6 heavy (non-hydrogen) atoms. The zero-order chi connectivity index (χ0) is 3.54. The quantitative estimate of drug-likeness (QED) is 0.379. The van der Waals surface area contributed by atoms with Crippen molar-refractivity contribution < 1.29 is 15.3 Å². The zero-order valence-electron chi connectivity index (χ0n) is 3.44. The van der Waals surface area contributed by atoms with Gasteiger partial charge in [-0.2, -0.15) is 0 Å². The molecule has 1 saturated heterocycles. The van der Waals surface area contributed by atoms with Gasteiger partial charge in [-0.1, -0.05) is 0 Å². The third-order valence-corrected chi connectivity index (χ3v) is 0.539. The second kappa shape index (κ2) is 3.08. The van der Waals surface area contributed by atoms with Crippen LogP contribution in [0.3, 0.4) is 0 Å². The van der Waals surface area contributed by atoms with Crippen LogP contribution in [0.15, 0.2) is 0 Å². The average molecular weight is 92.1 g/mol. The van der Waals surface area contributed by atoms with Gasteiger partial charge in [0.25, 0.3) is 0 Å². The van der Waals surface area contributed by atoms with Crippen molar-refractivity contribution in [3.05, 3.63) is 0 Å². The molecule has 2 N–H and O–H groups in total. The van der Waals surface area contributed by atoms with Crippen LogP contribution in [0.25, 0.3) is 0 Å². The van der Waals surface area contributed by atoms with E-state index in [4.69, 9.17) is 0 Å². The van der Waals surface area contributed by atoms with Crippen LogP contribution in [0.4, 0.5) is 0 Å². The Morgan fingerprint density at radius 1 is 1.00 bits per heavy atom. The van der Waals surface area contributed by atoms with E-state index in [0.717, 1.165) is 19.6 Å². The van der Waals surface area contributed by atoms with Crippen LogP contribution in [0, 0.1) is 0 Å². The molecule has 0 unspecified atom stereocenters. The smallest absolute Gasteiger partial charge is 0.0845 e. The molecule has 3 heteroatoms. The first-order chi connectivity index (χ1) is 2.50. The molecule has 0 spiro atoms. The van der Waals surface area contributed by atoms with Crippen molar-refractivity contribution in [2.75, 3.05) is 13.2 Å². The Balaban J connectivity index is 0.000000250. The summed E-state index contributed by atoms with van der Waals surface area (Å²) in [6.07, 6.45) is 1.06. The van der Waals surface area contributed by atoms with Gasteiger partial charge in [0, 0.05) is 6.42 Å². The van der Waals surface area contributed by atoms with Gasteiger partial charge in [0.05, 0.1) is 13.2 Å². The lowest BCUT2D eigenvalue weighted by Gasteiger charge is -1.77. The predicted octanol–water partition coefficient (Wildman–Crippen LogP) is -0.486. The Hall–Kier alpha value is -0.120. The first-order valence-corrected chi connectivity index (χ1v) is 1.74. The van der Waals surface area contributed by atoms with Crippen molar-refractivity contribution >= 4 is 0 Å². The Labute approximate surface area is 36.1 Å². The van der Waals surface area contributed by atoms with E-state index in [1.54, 1.807) is 0 Å². The topological polar surface area (TPSA) is 50.0 Å². The first-order valence-electron chi connectivity index (χ1n) is 1.74. The van der Waals surface area contributed by atoms with E-state index in [1.807, 2.05) is 0 Å². The van der Waals surface area contributed by atoms with Crippen molar-refractivity contribution in [3.8, 4) is 0 Å². The van der Waals surface area contributed by atoms with Gasteiger partial charge in [-0.05, 0) is 0 Å². The van der Waals surface area contributed by atoms with Gasteiger partial charge in [0.2, 0.25) is 0 Å². The monoisotopic (exact) mass is 92.0 g/mol. The molecule has 0 aromatic heterocycles. The minimum Gasteiger partial charge on any atom is -0.412 e. The van der Waals surface area contributed by atoms with Gasteiger partial charge in [-0.15, -0.1) is 0 Å². The number of hydrogen-bond acceptors (Lipinski definition) is 2. The molecule has 0 aromatic carbocycles. The fraction of sp³-hybridized carbons (Fsp3) is 1.00. The van der Waals surface area contributed by atoms with Gasteiger partial charge in [-0.25, -0.2) is 9.78 Å². The van der Waals surface area contributed by atoms with E-state index in [1.165, 1.54) is 0 Å². The van der Waals surface area contributed by atoms with Crippen LogP contribution in [0.2, 0.25) is 0 Å². The summed E-state index contributed by atoms with van der Waals surface area (Å²) in [7, 11) is 0. The molecule has 1 rings (SSSR count). The molecule has 0 atom stereocenters. The molecule has 38 valence electrons. The Kier molecular flexibility index (Phi) is 3.02. The van der Waals surface area contributed by atoms with Crippen molar-refractivity contribution in [3.63, 3.8) is 0 Å². The van der Waals surface area contributed by atoms with E-state index in [-0.39, 0.29) is 5.48 Å². The SMILES string of the molecule is C1COOC1.O. The molecule has 0 saturated carbocycles. The highest BCUT2D eigenvalue weighted by molar-refractivity contribution is 4.31. The summed E-state index contributed by atoms with van der Waals surface area (Å²) in [6, 6.07) is 0. The number of rotatable bonds is 0. The second-order valence-corrected chi connectivity index (χ2v) is 0.998. The van der Waals surface area contributed by atoms with Gasteiger partial charge >= 0.3 is 0 Å². The predicted molar refractivity (Wildman–Crippen MR) is 20.1 cm³/mol. The Morgan fingerprint density at radius 3 is 1.67 bits per heavy atom. The zero-order valence-corrected chi connectivity index (χ0v) is 3.44. The van der Waals surface area contributed by atoms with Crippen LogP contribution < -0.4 is 0 Å². The Morgan fingerprint density at radius 2 is 1.50 bits per heavy atom. The highest BCUT2D eigenvalue weighted by Gasteiger charge is 1.95. The van der Waals surface area contributed by atoms with Crippen molar-refractivity contribution in [1.29, 1.82) is 0 Å². The highest BCUT2D eigenvalue weighted by atomic mass is 17.2. The third kappa shape index (κ3) is 1.35. The summed E-state index contributed by atoms with van der Waals surface area (Å²) in [5.41, 5.74) is 0. The summed E-state index contributed by atoms with van der Waals surface area (Å²) < 4.78 is 0. The van der Waals surface area contributed by atoms with Crippen LogP contribution in [-0.4, -0.2) is 18.7 Å². The average Bonchev–Trinajstić information content (AvgIpc) is 1.76. The molecule has 1 aliphatic heterocycles. The van der Waals surface area contributed by atoms with Gasteiger partial charge in [-0.3, -0.25) is 0 Å². The molecule has 0 bridgehead atoms. The molecular weight excluding hydrogens is 84.0 g/mol. The molecule has 0 amide bonds. The fourth-order valence-corrected chi connectivity index (χ4v) is 0.295. The summed E-state index contributed by atoms with van der Waals surface area (Å²) in [5.74, 6) is 0. The largest absolute Gasteiger partial charge is 0.412 e. The minimum absolute atomic E-state index is 0. The molecule has 1 fully saturated rings. The first kappa shape index (κ1) is 5.88. The van der Waals surface area contributed by atoms with E-state index in [2.05, 4.69) is 9.78 Å². The molecule has 0 radical (unpaired) electrons. The van der Waals surface area contributed by atoms with E-state index < -0.39 is 0 Å². The van der Waals surface area contributed by atoms with Crippen LogP contribution >= 0.6 is 0 Å². The lowest BCUT2D eigenvalue weighted by Crippen LogP contribution is -1.72. The van der Waals surface area contributed by atoms with Crippen molar-refractivity contribution in [1.82, 2.24) is 0 Å². The van der Waals surface area contributed by atoms with Gasteiger partial charge in [0.1, 0.15) is 0 Å². The maximum absolute atomic E-state index is 4.44. The van der Waals surface area contributed by atoms with Crippen LogP contribution in [0.1, 0.15) is 6.42 Å². The summed E-state index contributed by atoms with van der Waals surface area (Å²) in [5, 5.41) is 0. The maximum Gasteiger partial charge on any atom is 0.0845 e. The summed E-state index contributed by atoms with van der Waals surface area (Å²) >= 11 is 0. The lowest BCUT2D eigenvalue weighted by molar-refractivity contribution is -0.248. The molecular formula is C3H8O3. The van der Waals surface area contributed by atoms with Crippen molar-refractivity contribution in [2.45, 2.75) is 6.42 Å². The molecule has 1 heterocycles.